The molecule has 31 heavy (non-hydrogen) atoms. The Labute approximate surface area is 193 Å². The largest absolute Gasteiger partial charge is 0.462 e. The van der Waals surface area contributed by atoms with Gasteiger partial charge in [-0.05, 0) is 19.4 Å². The van der Waals surface area contributed by atoms with Crippen LogP contribution in [0.25, 0.3) is 11.1 Å². The van der Waals surface area contributed by atoms with Gasteiger partial charge in [0, 0.05) is 16.7 Å². The number of thiophene rings is 1. The highest BCUT2D eigenvalue weighted by Gasteiger charge is 2.24. The van der Waals surface area contributed by atoms with Gasteiger partial charge in [-0.25, -0.2) is 14.8 Å². The summed E-state index contributed by atoms with van der Waals surface area (Å²) in [5.74, 6) is -0.443. The van der Waals surface area contributed by atoms with Crippen LogP contribution in [0.4, 0.5) is 5.00 Å². The third-order valence-corrected chi connectivity index (χ3v) is 6.16. The molecular weight excluding hydrogens is 454 g/mol. The summed E-state index contributed by atoms with van der Waals surface area (Å²) in [7, 11) is 0. The molecular formula is C22H20ClN3O3S2. The van der Waals surface area contributed by atoms with E-state index in [1.165, 1.54) is 29.3 Å². The summed E-state index contributed by atoms with van der Waals surface area (Å²) < 4.78 is 5.24. The van der Waals surface area contributed by atoms with E-state index in [1.54, 1.807) is 13.0 Å². The first kappa shape index (κ1) is 23.0. The number of hydrogen-bond acceptors (Lipinski definition) is 7. The fraction of sp³-hybridized carbons (Fsp3) is 0.182. The standard InChI is InChI=1S/C22H20ClN3O3S2/c1-4-10-30-22-24-11-16(23)18(25-22)19(27)26-20-17(21(28)29-5-2)15(12-31-20)14-8-6-13(3)7-9-14/h4,6-9,11-12H,1,5,10H2,2-3H3,(H,26,27). The van der Waals surface area contributed by atoms with Gasteiger partial charge >= 0.3 is 5.97 Å². The van der Waals surface area contributed by atoms with Crippen molar-refractivity contribution in [2.75, 3.05) is 17.7 Å². The van der Waals surface area contributed by atoms with Crippen molar-refractivity contribution in [3.05, 3.63) is 70.3 Å². The number of carbonyl (C=O) groups is 2. The zero-order valence-corrected chi connectivity index (χ0v) is 19.4. The highest BCUT2D eigenvalue weighted by Crippen LogP contribution is 2.37. The molecule has 2 aromatic heterocycles. The van der Waals surface area contributed by atoms with E-state index in [1.807, 2.05) is 36.6 Å². The Hall–Kier alpha value is -2.68. The molecule has 9 heteroatoms. The third kappa shape index (κ3) is 5.52. The summed E-state index contributed by atoms with van der Waals surface area (Å²) in [4.78, 5) is 34.0. The summed E-state index contributed by atoms with van der Waals surface area (Å²) in [6.07, 6.45) is 3.10. The molecule has 0 bridgehead atoms. The van der Waals surface area contributed by atoms with Crippen molar-refractivity contribution >= 4 is 51.6 Å². The van der Waals surface area contributed by atoms with Gasteiger partial charge in [0.1, 0.15) is 10.6 Å². The molecule has 0 aliphatic carbocycles. The Bertz CT molecular complexity index is 1110. The minimum Gasteiger partial charge on any atom is -0.462 e. The topological polar surface area (TPSA) is 81.2 Å². The Kier molecular flexibility index (Phi) is 7.84. The quantitative estimate of drug-likeness (QED) is 0.190. The smallest absolute Gasteiger partial charge is 0.341 e. The number of nitrogens with one attached hydrogen (secondary N) is 1. The van der Waals surface area contributed by atoms with E-state index in [4.69, 9.17) is 16.3 Å². The highest BCUT2D eigenvalue weighted by atomic mass is 35.5. The first-order chi connectivity index (χ1) is 14.9. The number of benzene rings is 1. The predicted molar refractivity (Wildman–Crippen MR) is 126 cm³/mol. The molecule has 160 valence electrons. The number of amides is 1. The van der Waals surface area contributed by atoms with Gasteiger partial charge in [0.25, 0.3) is 5.91 Å². The van der Waals surface area contributed by atoms with E-state index in [-0.39, 0.29) is 17.3 Å². The fourth-order valence-electron chi connectivity index (χ4n) is 2.68. The molecule has 0 spiro atoms. The number of rotatable bonds is 8. The molecule has 1 N–H and O–H groups in total. The molecule has 0 aliphatic heterocycles. The first-order valence-electron chi connectivity index (χ1n) is 9.37. The molecule has 0 fully saturated rings. The Morgan fingerprint density at radius 2 is 2.06 bits per heavy atom. The molecule has 0 aliphatic rings. The van der Waals surface area contributed by atoms with Crippen LogP contribution in [0.5, 0.6) is 0 Å². The van der Waals surface area contributed by atoms with Crippen LogP contribution in [0.2, 0.25) is 5.02 Å². The number of carbonyl (C=O) groups excluding carboxylic acids is 2. The second kappa shape index (κ2) is 10.6. The number of halogens is 1. The van der Waals surface area contributed by atoms with Crippen LogP contribution in [-0.4, -0.2) is 34.2 Å². The van der Waals surface area contributed by atoms with E-state index in [2.05, 4.69) is 21.9 Å². The van der Waals surface area contributed by atoms with Gasteiger partial charge in [-0.2, -0.15) is 0 Å². The summed E-state index contributed by atoms with van der Waals surface area (Å²) >= 11 is 8.73. The van der Waals surface area contributed by atoms with Gasteiger partial charge in [0.2, 0.25) is 0 Å². The maximum atomic E-state index is 12.9. The van der Waals surface area contributed by atoms with Gasteiger partial charge < -0.3 is 10.1 Å². The minimum absolute atomic E-state index is 0.0309. The van der Waals surface area contributed by atoms with Gasteiger partial charge in [-0.3, -0.25) is 4.79 Å². The Morgan fingerprint density at radius 1 is 1.32 bits per heavy atom. The molecule has 0 unspecified atom stereocenters. The molecule has 1 aromatic carbocycles. The highest BCUT2D eigenvalue weighted by molar-refractivity contribution is 7.99. The van der Waals surface area contributed by atoms with E-state index in [0.717, 1.165) is 11.1 Å². The predicted octanol–water partition coefficient (Wildman–Crippen LogP) is 5.87. The molecule has 2 heterocycles. The molecule has 0 radical (unpaired) electrons. The summed E-state index contributed by atoms with van der Waals surface area (Å²) in [6, 6.07) is 7.78. The van der Waals surface area contributed by atoms with Crippen molar-refractivity contribution in [3.8, 4) is 11.1 Å². The molecule has 3 aromatic rings. The lowest BCUT2D eigenvalue weighted by atomic mass is 10.0. The number of hydrogen-bond donors (Lipinski definition) is 1. The summed E-state index contributed by atoms with van der Waals surface area (Å²) in [5.41, 5.74) is 2.98. The van der Waals surface area contributed by atoms with Crippen LogP contribution in [0.1, 0.15) is 33.3 Å². The van der Waals surface area contributed by atoms with E-state index < -0.39 is 11.9 Å². The molecule has 3 rings (SSSR count). The Balaban J connectivity index is 1.96. The van der Waals surface area contributed by atoms with Crippen molar-refractivity contribution in [2.24, 2.45) is 0 Å². The van der Waals surface area contributed by atoms with Crippen molar-refractivity contribution in [3.63, 3.8) is 0 Å². The van der Waals surface area contributed by atoms with Gasteiger partial charge in [-0.1, -0.05) is 59.3 Å². The zero-order chi connectivity index (χ0) is 22.4. The van der Waals surface area contributed by atoms with E-state index >= 15 is 0 Å². The maximum absolute atomic E-state index is 12.9. The van der Waals surface area contributed by atoms with Crippen LogP contribution in [0, 0.1) is 6.92 Å². The number of aryl methyl sites for hydroxylation is 1. The molecule has 0 saturated heterocycles. The number of thioether (sulfide) groups is 1. The van der Waals surface area contributed by atoms with Gasteiger partial charge in [0.15, 0.2) is 10.9 Å². The second-order valence-corrected chi connectivity index (χ2v) is 8.62. The lowest BCUT2D eigenvalue weighted by Crippen LogP contribution is -2.17. The van der Waals surface area contributed by atoms with E-state index in [9.17, 15) is 9.59 Å². The zero-order valence-electron chi connectivity index (χ0n) is 17.0. The van der Waals surface area contributed by atoms with Crippen molar-refractivity contribution in [1.29, 1.82) is 0 Å². The summed E-state index contributed by atoms with van der Waals surface area (Å²) in [6.45, 7) is 7.60. The molecule has 0 atom stereocenters. The average Bonchev–Trinajstić information content (AvgIpc) is 3.17. The van der Waals surface area contributed by atoms with Gasteiger partial charge in [-0.15, -0.1) is 17.9 Å². The number of nitrogens with zero attached hydrogens (tertiary/aromatic N) is 2. The number of aromatic nitrogens is 2. The second-order valence-electron chi connectivity index (χ2n) is 6.34. The van der Waals surface area contributed by atoms with Gasteiger partial charge in [0.05, 0.1) is 17.8 Å². The monoisotopic (exact) mass is 473 g/mol. The van der Waals surface area contributed by atoms with E-state index in [0.29, 0.717) is 27.0 Å². The lowest BCUT2D eigenvalue weighted by molar-refractivity contribution is 0.0529. The fourth-order valence-corrected chi connectivity index (χ4v) is 4.36. The maximum Gasteiger partial charge on any atom is 0.341 e. The molecule has 6 nitrogen and oxygen atoms in total. The molecule has 1 amide bonds. The number of esters is 1. The van der Waals surface area contributed by atoms with Crippen LogP contribution in [-0.2, 0) is 4.74 Å². The normalized spacial score (nSPS) is 10.5. The van der Waals surface area contributed by atoms with Crippen LogP contribution in [0.3, 0.4) is 0 Å². The number of ether oxygens (including phenoxy) is 1. The minimum atomic E-state index is -0.532. The number of anilines is 1. The van der Waals surface area contributed by atoms with Crippen LogP contribution >= 0.6 is 34.7 Å². The van der Waals surface area contributed by atoms with Crippen molar-refractivity contribution in [2.45, 2.75) is 19.0 Å². The molecule has 0 saturated carbocycles. The SMILES string of the molecule is C=CCSc1ncc(Cl)c(C(=O)Nc2scc(-c3ccc(C)cc3)c2C(=O)OCC)n1. The van der Waals surface area contributed by atoms with Crippen molar-refractivity contribution < 1.29 is 14.3 Å². The average molecular weight is 474 g/mol. The summed E-state index contributed by atoms with van der Waals surface area (Å²) in [5, 5.41) is 5.48. The lowest BCUT2D eigenvalue weighted by Gasteiger charge is -2.10. The van der Waals surface area contributed by atoms with Crippen molar-refractivity contribution in [1.82, 2.24) is 9.97 Å². The third-order valence-electron chi connectivity index (χ3n) is 4.13. The van der Waals surface area contributed by atoms with Crippen LogP contribution < -0.4 is 5.32 Å². The first-order valence-corrected chi connectivity index (χ1v) is 11.6. The van der Waals surface area contributed by atoms with Crippen LogP contribution in [0.15, 0.2) is 53.7 Å². The Morgan fingerprint density at radius 3 is 2.74 bits per heavy atom.